The third-order valence-electron chi connectivity index (χ3n) is 2.21. The fourth-order valence-corrected chi connectivity index (χ4v) is 2.10. The Labute approximate surface area is 104 Å². The van der Waals surface area contributed by atoms with Crippen LogP contribution in [0.25, 0.3) is 0 Å². The molecule has 0 bridgehead atoms. The Morgan fingerprint density at radius 2 is 2.13 bits per heavy atom. The van der Waals surface area contributed by atoms with E-state index in [9.17, 15) is 4.79 Å². The maximum atomic E-state index is 11.8. The Morgan fingerprint density at radius 1 is 1.40 bits per heavy atom. The standard InChI is InChI=1S/C12H14BrClO/c1-9-5-6-10(11(14)8-9)12(15)4-2-3-7-13/h5-6,8H,2-4,7H2,1H3. The molecule has 3 heteroatoms. The van der Waals surface area contributed by atoms with Crippen molar-refractivity contribution >= 4 is 33.3 Å². The van der Waals surface area contributed by atoms with Crippen molar-refractivity contribution in [2.75, 3.05) is 5.33 Å². The highest BCUT2D eigenvalue weighted by Crippen LogP contribution is 2.19. The molecule has 0 fully saturated rings. The minimum Gasteiger partial charge on any atom is -0.294 e. The highest BCUT2D eigenvalue weighted by molar-refractivity contribution is 9.09. The fourth-order valence-electron chi connectivity index (χ4n) is 1.36. The number of carbonyl (C=O) groups is 1. The SMILES string of the molecule is Cc1ccc(C(=O)CCCCBr)c(Cl)c1. The number of Topliss-reactive ketones (excluding diaryl/α,β-unsaturated/α-hetero) is 1. The van der Waals surface area contributed by atoms with Gasteiger partial charge in [0.2, 0.25) is 0 Å². The van der Waals surface area contributed by atoms with E-state index in [0.717, 1.165) is 23.7 Å². The Kier molecular flexibility index (Phi) is 5.34. The molecule has 0 aliphatic rings. The van der Waals surface area contributed by atoms with E-state index in [-0.39, 0.29) is 5.78 Å². The molecule has 0 aliphatic heterocycles. The van der Waals surface area contributed by atoms with E-state index in [4.69, 9.17) is 11.6 Å². The first-order valence-corrected chi connectivity index (χ1v) is 6.50. The van der Waals surface area contributed by atoms with E-state index in [1.165, 1.54) is 0 Å². The van der Waals surface area contributed by atoms with Crippen LogP contribution in [0.1, 0.15) is 35.2 Å². The summed E-state index contributed by atoms with van der Waals surface area (Å²) < 4.78 is 0. The third-order valence-corrected chi connectivity index (χ3v) is 3.09. The molecule has 15 heavy (non-hydrogen) atoms. The molecule has 0 radical (unpaired) electrons. The fraction of sp³-hybridized carbons (Fsp3) is 0.417. The Bertz CT molecular complexity index is 349. The van der Waals surface area contributed by atoms with Gasteiger partial charge in [0.05, 0.1) is 5.02 Å². The average molecular weight is 290 g/mol. The van der Waals surface area contributed by atoms with Crippen LogP contribution in [-0.4, -0.2) is 11.1 Å². The van der Waals surface area contributed by atoms with E-state index in [2.05, 4.69) is 15.9 Å². The van der Waals surface area contributed by atoms with Gasteiger partial charge in [-0.1, -0.05) is 33.6 Å². The van der Waals surface area contributed by atoms with Crippen LogP contribution in [0, 0.1) is 6.92 Å². The van der Waals surface area contributed by atoms with E-state index >= 15 is 0 Å². The van der Waals surface area contributed by atoms with Crippen LogP contribution in [-0.2, 0) is 0 Å². The number of alkyl halides is 1. The number of carbonyl (C=O) groups excluding carboxylic acids is 1. The van der Waals surface area contributed by atoms with Crippen LogP contribution >= 0.6 is 27.5 Å². The summed E-state index contributed by atoms with van der Waals surface area (Å²) in [5, 5.41) is 1.51. The molecule has 0 aromatic heterocycles. The van der Waals surface area contributed by atoms with E-state index in [0.29, 0.717) is 17.0 Å². The summed E-state index contributed by atoms with van der Waals surface area (Å²) in [6.45, 7) is 1.96. The number of hydrogen-bond acceptors (Lipinski definition) is 1. The van der Waals surface area contributed by atoms with Crippen molar-refractivity contribution in [1.29, 1.82) is 0 Å². The van der Waals surface area contributed by atoms with Gasteiger partial charge in [-0.3, -0.25) is 4.79 Å². The molecule has 0 spiro atoms. The molecule has 0 saturated carbocycles. The minimum absolute atomic E-state index is 0.140. The Hall–Kier alpha value is -0.340. The van der Waals surface area contributed by atoms with Gasteiger partial charge in [0.1, 0.15) is 0 Å². The van der Waals surface area contributed by atoms with Gasteiger partial charge in [0.25, 0.3) is 0 Å². The van der Waals surface area contributed by atoms with Crippen molar-refractivity contribution in [3.05, 3.63) is 34.3 Å². The first-order valence-electron chi connectivity index (χ1n) is 5.00. The lowest BCUT2D eigenvalue weighted by Gasteiger charge is -2.03. The van der Waals surface area contributed by atoms with Gasteiger partial charge >= 0.3 is 0 Å². The monoisotopic (exact) mass is 288 g/mol. The molecule has 0 saturated heterocycles. The van der Waals surface area contributed by atoms with Gasteiger partial charge in [-0.25, -0.2) is 0 Å². The van der Waals surface area contributed by atoms with E-state index < -0.39 is 0 Å². The largest absolute Gasteiger partial charge is 0.294 e. The predicted octanol–water partition coefficient (Wildman–Crippen LogP) is 4.40. The molecule has 0 atom stereocenters. The number of rotatable bonds is 5. The summed E-state index contributed by atoms with van der Waals surface area (Å²) in [5.41, 5.74) is 1.73. The van der Waals surface area contributed by atoms with Crippen molar-refractivity contribution in [2.45, 2.75) is 26.2 Å². The summed E-state index contributed by atoms with van der Waals surface area (Å²) in [7, 11) is 0. The van der Waals surface area contributed by atoms with Crippen molar-refractivity contribution in [3.63, 3.8) is 0 Å². The normalized spacial score (nSPS) is 10.3. The zero-order valence-electron chi connectivity index (χ0n) is 8.72. The Balaban J connectivity index is 2.65. The minimum atomic E-state index is 0.140. The summed E-state index contributed by atoms with van der Waals surface area (Å²) in [6, 6.07) is 5.57. The van der Waals surface area contributed by atoms with Crippen molar-refractivity contribution < 1.29 is 4.79 Å². The molecule has 0 heterocycles. The molecule has 0 aliphatic carbocycles. The van der Waals surface area contributed by atoms with Crippen molar-refractivity contribution in [1.82, 2.24) is 0 Å². The highest BCUT2D eigenvalue weighted by atomic mass is 79.9. The van der Waals surface area contributed by atoms with Crippen LogP contribution in [0.15, 0.2) is 18.2 Å². The molecular weight excluding hydrogens is 275 g/mol. The van der Waals surface area contributed by atoms with Crippen molar-refractivity contribution in [3.8, 4) is 0 Å². The topological polar surface area (TPSA) is 17.1 Å². The second-order valence-corrected chi connectivity index (χ2v) is 4.75. The van der Waals surface area contributed by atoms with Gasteiger partial charge in [-0.15, -0.1) is 0 Å². The van der Waals surface area contributed by atoms with Gasteiger partial charge in [-0.2, -0.15) is 0 Å². The Morgan fingerprint density at radius 3 is 2.73 bits per heavy atom. The van der Waals surface area contributed by atoms with Crippen molar-refractivity contribution in [2.24, 2.45) is 0 Å². The van der Waals surface area contributed by atoms with E-state index in [1.54, 1.807) is 0 Å². The third kappa shape index (κ3) is 3.96. The second-order valence-electron chi connectivity index (χ2n) is 3.55. The maximum Gasteiger partial charge on any atom is 0.164 e. The van der Waals surface area contributed by atoms with E-state index in [1.807, 2.05) is 25.1 Å². The molecular formula is C12H14BrClO. The zero-order chi connectivity index (χ0) is 11.3. The number of unbranched alkanes of at least 4 members (excludes halogenated alkanes) is 1. The molecule has 82 valence electrons. The first-order chi connectivity index (χ1) is 7.15. The van der Waals surface area contributed by atoms with Crippen LogP contribution in [0.3, 0.4) is 0 Å². The number of benzene rings is 1. The number of hydrogen-bond donors (Lipinski definition) is 0. The molecule has 1 nitrogen and oxygen atoms in total. The lowest BCUT2D eigenvalue weighted by atomic mass is 10.0. The van der Waals surface area contributed by atoms with Gasteiger partial charge in [0, 0.05) is 17.3 Å². The smallest absolute Gasteiger partial charge is 0.164 e. The van der Waals surface area contributed by atoms with Crippen LogP contribution in [0.5, 0.6) is 0 Å². The lowest BCUT2D eigenvalue weighted by Crippen LogP contribution is -2.00. The van der Waals surface area contributed by atoms with Gasteiger partial charge in [0.15, 0.2) is 5.78 Å². The van der Waals surface area contributed by atoms with Crippen LogP contribution < -0.4 is 0 Å². The van der Waals surface area contributed by atoms with Gasteiger partial charge < -0.3 is 0 Å². The quantitative estimate of drug-likeness (QED) is 0.446. The predicted molar refractivity (Wildman–Crippen MR) is 68.2 cm³/mol. The lowest BCUT2D eigenvalue weighted by molar-refractivity contribution is 0.0980. The number of ketones is 1. The maximum absolute atomic E-state index is 11.8. The summed E-state index contributed by atoms with van der Waals surface area (Å²) >= 11 is 9.35. The average Bonchev–Trinajstić information content (AvgIpc) is 2.17. The summed E-state index contributed by atoms with van der Waals surface area (Å²) in [4.78, 5) is 11.8. The molecule has 1 aromatic carbocycles. The molecule has 1 aromatic rings. The number of aryl methyl sites for hydroxylation is 1. The highest BCUT2D eigenvalue weighted by Gasteiger charge is 2.09. The molecule has 1 rings (SSSR count). The zero-order valence-corrected chi connectivity index (χ0v) is 11.1. The van der Waals surface area contributed by atoms with Crippen LogP contribution in [0.4, 0.5) is 0 Å². The summed E-state index contributed by atoms with van der Waals surface area (Å²) in [6.07, 6.45) is 2.51. The number of halogens is 2. The second kappa shape index (κ2) is 6.29. The molecule has 0 unspecified atom stereocenters. The van der Waals surface area contributed by atoms with Crippen LogP contribution in [0.2, 0.25) is 5.02 Å². The van der Waals surface area contributed by atoms with Gasteiger partial charge in [-0.05, 0) is 37.5 Å². The molecule has 0 N–H and O–H groups in total. The first kappa shape index (κ1) is 12.7. The summed E-state index contributed by atoms with van der Waals surface area (Å²) in [5.74, 6) is 0.140. The molecule has 0 amide bonds.